The maximum atomic E-state index is 13.7. The first kappa shape index (κ1) is 26.9. The highest BCUT2D eigenvalue weighted by atomic mass is 16.7. The van der Waals surface area contributed by atoms with E-state index in [1.54, 1.807) is 30.3 Å². The first-order valence-electron chi connectivity index (χ1n) is 14.1. The molecular weight excluding hydrogens is 528 g/mol. The topological polar surface area (TPSA) is 134 Å². The normalized spacial score (nSPS) is 26.2. The van der Waals surface area contributed by atoms with E-state index < -0.39 is 48.1 Å². The Kier molecular flexibility index (Phi) is 7.44. The van der Waals surface area contributed by atoms with Crippen LogP contribution in [0.4, 0.5) is 0 Å². The Morgan fingerprint density at radius 2 is 1.59 bits per heavy atom. The number of hydrogen-bond donors (Lipinski definition) is 2. The van der Waals surface area contributed by atoms with E-state index in [1.165, 1.54) is 21.1 Å². The van der Waals surface area contributed by atoms with Crippen LogP contribution in [0.25, 0.3) is 0 Å². The summed E-state index contributed by atoms with van der Waals surface area (Å²) in [5.41, 5.74) is 2.76. The first-order valence-corrected chi connectivity index (χ1v) is 14.1. The molecule has 1 unspecified atom stereocenters. The zero-order chi connectivity index (χ0) is 28.5. The highest BCUT2D eigenvalue weighted by Gasteiger charge is 2.46. The number of rotatable bonds is 6. The fourth-order valence-electron chi connectivity index (χ4n) is 6.10. The fraction of sp³-hybridized carbons (Fsp3) is 0.433. The number of nitrogens with one attached hydrogen (secondary N) is 2. The molecule has 11 nitrogen and oxygen atoms in total. The lowest BCUT2D eigenvalue weighted by Crippen LogP contribution is -2.64. The number of nitrogens with zero attached hydrogens (tertiary/aromatic N) is 2. The fourth-order valence-corrected chi connectivity index (χ4v) is 6.10. The van der Waals surface area contributed by atoms with Crippen LogP contribution in [-0.2, 0) is 41.5 Å². The Balaban J connectivity index is 1.15. The largest absolute Gasteiger partial charge is 0.433 e. The van der Waals surface area contributed by atoms with Gasteiger partial charge < -0.3 is 20.1 Å². The molecule has 1 aliphatic carbocycles. The van der Waals surface area contributed by atoms with Gasteiger partial charge in [-0.3, -0.25) is 29.0 Å². The molecule has 0 aromatic heterocycles. The third-order valence-corrected chi connectivity index (χ3v) is 8.14. The van der Waals surface area contributed by atoms with Gasteiger partial charge in [0.25, 0.3) is 11.8 Å². The number of cyclic esters (lactones) is 1. The maximum absolute atomic E-state index is 13.7. The molecule has 3 fully saturated rings. The monoisotopic (exact) mass is 560 g/mol. The summed E-state index contributed by atoms with van der Waals surface area (Å²) in [5, 5.41) is 8.14. The van der Waals surface area contributed by atoms with Gasteiger partial charge in [-0.25, -0.2) is 5.01 Å². The van der Waals surface area contributed by atoms with Crippen LogP contribution in [0.15, 0.2) is 54.6 Å². The van der Waals surface area contributed by atoms with Gasteiger partial charge in [-0.1, -0.05) is 42.5 Å². The van der Waals surface area contributed by atoms with Crippen LogP contribution >= 0.6 is 0 Å². The van der Waals surface area contributed by atoms with Crippen molar-refractivity contribution in [2.24, 2.45) is 0 Å². The van der Waals surface area contributed by atoms with Crippen LogP contribution in [0.1, 0.15) is 53.6 Å². The quantitative estimate of drug-likeness (QED) is 0.508. The second-order valence-electron chi connectivity index (χ2n) is 10.9. The maximum Gasteiger partial charge on any atom is 0.310 e. The van der Waals surface area contributed by atoms with E-state index in [0.717, 1.165) is 0 Å². The van der Waals surface area contributed by atoms with Crippen molar-refractivity contribution in [2.45, 2.75) is 75.5 Å². The molecule has 4 amide bonds. The summed E-state index contributed by atoms with van der Waals surface area (Å²) in [7, 11) is 0. The molecule has 6 rings (SSSR count). The van der Waals surface area contributed by atoms with E-state index >= 15 is 0 Å². The van der Waals surface area contributed by atoms with E-state index in [1.807, 2.05) is 24.3 Å². The van der Waals surface area contributed by atoms with E-state index in [9.17, 15) is 24.0 Å². The molecular formula is C30H32N4O7. The predicted molar refractivity (Wildman–Crippen MR) is 144 cm³/mol. The van der Waals surface area contributed by atoms with Gasteiger partial charge in [0.1, 0.15) is 18.1 Å². The predicted octanol–water partition coefficient (Wildman–Crippen LogP) is 1.26. The Morgan fingerprint density at radius 1 is 0.878 bits per heavy atom. The average molecular weight is 561 g/mol. The molecule has 4 aliphatic rings. The molecule has 0 radical (unpaired) electrons. The zero-order valence-electron chi connectivity index (χ0n) is 22.5. The molecule has 4 atom stereocenters. The van der Waals surface area contributed by atoms with Crippen LogP contribution < -0.4 is 10.6 Å². The zero-order valence-corrected chi connectivity index (χ0v) is 22.5. The van der Waals surface area contributed by atoms with E-state index in [0.29, 0.717) is 37.8 Å². The van der Waals surface area contributed by atoms with Crippen molar-refractivity contribution in [3.05, 3.63) is 71.3 Å². The molecule has 3 heterocycles. The van der Waals surface area contributed by atoms with Gasteiger partial charge in [-0.15, -0.1) is 0 Å². The molecule has 3 aliphatic heterocycles. The molecule has 2 N–H and O–H groups in total. The van der Waals surface area contributed by atoms with Gasteiger partial charge >= 0.3 is 5.97 Å². The van der Waals surface area contributed by atoms with Gasteiger partial charge in [0, 0.05) is 18.5 Å². The van der Waals surface area contributed by atoms with Crippen molar-refractivity contribution in [1.29, 1.82) is 0 Å². The number of fused-ring (bicyclic) bond motifs is 2. The van der Waals surface area contributed by atoms with Crippen molar-refractivity contribution in [2.75, 3.05) is 6.54 Å². The third kappa shape index (κ3) is 5.54. The van der Waals surface area contributed by atoms with Gasteiger partial charge in [0.2, 0.25) is 18.1 Å². The Bertz CT molecular complexity index is 1340. The second kappa shape index (κ2) is 11.3. The van der Waals surface area contributed by atoms with Gasteiger partial charge in [0.15, 0.2) is 0 Å². The van der Waals surface area contributed by atoms with Gasteiger partial charge in [-0.05, 0) is 55.4 Å². The number of esters is 1. The summed E-state index contributed by atoms with van der Waals surface area (Å²) in [6.45, 7) is 0.298. The number of carbonyl (C=O) groups is 5. The highest BCUT2D eigenvalue weighted by molar-refractivity contribution is 5.99. The Morgan fingerprint density at radius 3 is 2.32 bits per heavy atom. The minimum atomic E-state index is -0.985. The number of amides is 4. The molecule has 11 heteroatoms. The summed E-state index contributed by atoms with van der Waals surface area (Å²) in [6, 6.07) is 13.8. The smallest absolute Gasteiger partial charge is 0.310 e. The summed E-state index contributed by atoms with van der Waals surface area (Å²) >= 11 is 0. The van der Waals surface area contributed by atoms with Gasteiger partial charge in [-0.2, -0.15) is 0 Å². The minimum Gasteiger partial charge on any atom is -0.433 e. The molecule has 0 saturated carbocycles. The van der Waals surface area contributed by atoms with Crippen molar-refractivity contribution in [1.82, 2.24) is 20.7 Å². The first-order chi connectivity index (χ1) is 19.9. The van der Waals surface area contributed by atoms with E-state index in [4.69, 9.17) is 9.47 Å². The van der Waals surface area contributed by atoms with Crippen molar-refractivity contribution in [3.63, 3.8) is 0 Å². The van der Waals surface area contributed by atoms with Crippen LogP contribution in [-0.4, -0.2) is 76.7 Å². The molecule has 41 heavy (non-hydrogen) atoms. The molecule has 2 aromatic rings. The van der Waals surface area contributed by atoms with Crippen molar-refractivity contribution in [3.8, 4) is 0 Å². The lowest BCUT2D eigenvalue weighted by Gasteiger charge is -2.43. The summed E-state index contributed by atoms with van der Waals surface area (Å²) < 4.78 is 11.6. The van der Waals surface area contributed by atoms with Crippen LogP contribution in [0.2, 0.25) is 0 Å². The van der Waals surface area contributed by atoms with Crippen molar-refractivity contribution < 1.29 is 33.4 Å². The minimum absolute atomic E-state index is 0.0565. The van der Waals surface area contributed by atoms with Crippen molar-refractivity contribution >= 4 is 29.6 Å². The third-order valence-electron chi connectivity index (χ3n) is 8.14. The number of ether oxygens (including phenoxy) is 2. The lowest BCUT2D eigenvalue weighted by atomic mass is 10.0. The number of hydrogen-bond acceptors (Lipinski definition) is 7. The summed E-state index contributed by atoms with van der Waals surface area (Å²) in [6.07, 6.45) is 1.20. The van der Waals surface area contributed by atoms with E-state index in [-0.39, 0.29) is 31.3 Å². The molecule has 3 saturated heterocycles. The summed E-state index contributed by atoms with van der Waals surface area (Å²) in [4.78, 5) is 65.4. The molecule has 0 spiro atoms. The Labute approximate surface area is 237 Å². The Hall–Kier alpha value is -4.25. The lowest BCUT2D eigenvalue weighted by molar-refractivity contribution is -0.180. The van der Waals surface area contributed by atoms with E-state index in [2.05, 4.69) is 10.6 Å². The van der Waals surface area contributed by atoms with Crippen LogP contribution in [0.5, 0.6) is 0 Å². The number of carbonyl (C=O) groups excluding carboxylic acids is 5. The molecule has 0 bridgehead atoms. The average Bonchev–Trinajstić information content (AvgIpc) is 3.52. The van der Waals surface area contributed by atoms with Crippen LogP contribution in [0, 0.1) is 0 Å². The standard InChI is InChI=1S/C30H32N4O7/c35-25-13-12-22(31-27(37)18-7-2-1-3-8-18)29(39)34-24(11-6-14-33(25)34)28(38)32-23-17-26(36)41-30(23)40-21-15-19-9-4-5-10-20(19)16-21/h1-5,7-10,21-24,30H,6,11-17H2,(H,31,37)(H,32,38)/t22-,23-,24?,30+/m0/s1. The molecule has 2 aromatic carbocycles. The SMILES string of the molecule is O=C1C[C@H](NC(=O)C2CCCN3C(=O)CC[C@H](NC(=O)c4ccccc4)C(=O)N23)[C@H](OC2Cc3ccccc3C2)O1. The molecule has 214 valence electrons. The number of benzene rings is 2. The summed E-state index contributed by atoms with van der Waals surface area (Å²) in [5.74, 6) is -2.22. The number of hydrazine groups is 1. The van der Waals surface area contributed by atoms with Gasteiger partial charge in [0.05, 0.1) is 12.5 Å². The second-order valence-corrected chi connectivity index (χ2v) is 10.9. The van der Waals surface area contributed by atoms with Crippen LogP contribution in [0.3, 0.4) is 0 Å². The highest BCUT2D eigenvalue weighted by Crippen LogP contribution is 2.29.